The molecule has 1 aliphatic heterocycles. The molecule has 68 valence electrons. The zero-order valence-corrected chi connectivity index (χ0v) is 6.90. The molecule has 0 spiro atoms. The van der Waals surface area contributed by atoms with Crippen LogP contribution < -0.4 is 11.1 Å². The molecule has 0 amide bonds. The van der Waals surface area contributed by atoms with Gasteiger partial charge in [-0.2, -0.15) is 0 Å². The molecule has 0 radical (unpaired) electrons. The van der Waals surface area contributed by atoms with Crippen LogP contribution in [0.4, 0.5) is 5.69 Å². The average Bonchev–Trinajstić information content (AvgIpc) is 2.45. The second kappa shape index (κ2) is 2.83. The zero-order valence-electron chi connectivity index (χ0n) is 6.90. The van der Waals surface area contributed by atoms with Gasteiger partial charge in [-0.25, -0.2) is 0 Å². The van der Waals surface area contributed by atoms with Gasteiger partial charge < -0.3 is 16.2 Å². The first-order valence-electron chi connectivity index (χ1n) is 4.03. The summed E-state index contributed by atoms with van der Waals surface area (Å²) in [6, 6.07) is 6.41. The lowest BCUT2D eigenvalue weighted by Crippen LogP contribution is -2.42. The number of nitrogens with two attached hydrogens (primary N) is 1. The van der Waals surface area contributed by atoms with E-state index in [4.69, 9.17) is 10.8 Å². The third kappa shape index (κ3) is 1.20. The quantitative estimate of drug-likeness (QED) is 0.527. The van der Waals surface area contributed by atoms with Gasteiger partial charge in [0.05, 0.1) is 0 Å². The fourth-order valence-corrected chi connectivity index (χ4v) is 1.46. The molecule has 2 unspecified atom stereocenters. The number of carbonyl (C=O) groups is 1. The van der Waals surface area contributed by atoms with Crippen molar-refractivity contribution in [3.8, 4) is 0 Å². The molecule has 4 heteroatoms. The Balaban J connectivity index is 2.38. The number of nitrogens with one attached hydrogen (secondary N) is 1. The van der Waals surface area contributed by atoms with Gasteiger partial charge in [-0.05, 0) is 12.1 Å². The number of para-hydroxylation sites is 1. The fraction of sp³-hybridized carbons (Fsp3) is 0.222. The van der Waals surface area contributed by atoms with Crippen molar-refractivity contribution in [2.75, 3.05) is 5.32 Å². The Hall–Kier alpha value is -1.39. The molecule has 0 aliphatic carbocycles. The summed E-state index contributed by atoms with van der Waals surface area (Å²) in [7, 11) is 0. The Labute approximate surface area is 75.4 Å². The lowest BCUT2D eigenvalue weighted by molar-refractivity contribution is 0.0869. The predicted molar refractivity (Wildman–Crippen MR) is 48.4 cm³/mol. The average molecular weight is 178 g/mol. The van der Waals surface area contributed by atoms with Crippen LogP contribution in [0.5, 0.6) is 0 Å². The van der Waals surface area contributed by atoms with E-state index >= 15 is 0 Å². The molecule has 1 heterocycles. The Morgan fingerprint density at radius 1 is 1.46 bits per heavy atom. The summed E-state index contributed by atoms with van der Waals surface area (Å²) in [5.74, 6) is -0.148. The molecule has 0 saturated carbocycles. The van der Waals surface area contributed by atoms with Crippen LogP contribution in [0.15, 0.2) is 24.3 Å². The molecule has 4 N–H and O–H groups in total. The van der Waals surface area contributed by atoms with Crippen LogP contribution in [-0.4, -0.2) is 23.2 Å². The molecule has 1 aliphatic rings. The number of Topliss-reactive ketones (excluding diaryl/α,β-unsaturated/α-hetero) is 1. The van der Waals surface area contributed by atoms with E-state index in [0.717, 1.165) is 5.69 Å². The SMILES string of the molecule is NC(O)C1Nc2ccccc2C1=O. The highest BCUT2D eigenvalue weighted by molar-refractivity contribution is 6.10. The van der Waals surface area contributed by atoms with Gasteiger partial charge in [0.25, 0.3) is 0 Å². The molecule has 2 rings (SSSR count). The van der Waals surface area contributed by atoms with Crippen molar-refractivity contribution < 1.29 is 9.90 Å². The zero-order chi connectivity index (χ0) is 9.42. The van der Waals surface area contributed by atoms with Crippen LogP contribution in [0.1, 0.15) is 10.4 Å². The molecule has 2 atom stereocenters. The van der Waals surface area contributed by atoms with Crippen LogP contribution in [0, 0.1) is 0 Å². The van der Waals surface area contributed by atoms with Crippen molar-refractivity contribution in [2.45, 2.75) is 12.3 Å². The Morgan fingerprint density at radius 2 is 2.15 bits per heavy atom. The summed E-state index contributed by atoms with van der Waals surface area (Å²) >= 11 is 0. The van der Waals surface area contributed by atoms with Crippen molar-refractivity contribution in [3.05, 3.63) is 29.8 Å². The van der Waals surface area contributed by atoms with E-state index in [0.29, 0.717) is 5.56 Å². The standard InChI is InChI=1S/C9H10N2O2/c10-9(13)7-8(12)5-3-1-2-4-6(5)11-7/h1-4,7,9,11,13H,10H2. The largest absolute Gasteiger partial charge is 0.376 e. The van der Waals surface area contributed by atoms with Crippen LogP contribution in [0.25, 0.3) is 0 Å². The number of benzene rings is 1. The number of ketones is 1. The van der Waals surface area contributed by atoms with Crippen LogP contribution >= 0.6 is 0 Å². The summed E-state index contributed by atoms with van der Waals surface area (Å²) in [5, 5.41) is 11.9. The maximum Gasteiger partial charge on any atom is 0.191 e. The highest BCUT2D eigenvalue weighted by Crippen LogP contribution is 2.25. The number of fused-ring (bicyclic) bond motifs is 1. The maximum absolute atomic E-state index is 11.5. The molecule has 1 aromatic carbocycles. The molecule has 4 nitrogen and oxygen atoms in total. The number of aliphatic hydroxyl groups is 1. The van der Waals surface area contributed by atoms with Gasteiger partial charge in [0.15, 0.2) is 5.78 Å². The number of anilines is 1. The van der Waals surface area contributed by atoms with Gasteiger partial charge in [-0.1, -0.05) is 12.1 Å². The molecule has 0 bridgehead atoms. The fourth-order valence-electron chi connectivity index (χ4n) is 1.46. The molecule has 0 aromatic heterocycles. The van der Waals surface area contributed by atoms with E-state index in [1.165, 1.54) is 0 Å². The van der Waals surface area contributed by atoms with Crippen molar-refractivity contribution >= 4 is 11.5 Å². The highest BCUT2D eigenvalue weighted by atomic mass is 16.3. The first-order valence-corrected chi connectivity index (χ1v) is 4.03. The van der Waals surface area contributed by atoms with E-state index < -0.39 is 12.3 Å². The van der Waals surface area contributed by atoms with Crippen molar-refractivity contribution in [3.63, 3.8) is 0 Å². The van der Waals surface area contributed by atoms with E-state index in [2.05, 4.69) is 5.32 Å². The van der Waals surface area contributed by atoms with Gasteiger partial charge in [-0.3, -0.25) is 4.79 Å². The lowest BCUT2D eigenvalue weighted by Gasteiger charge is -2.11. The number of hydrogen-bond donors (Lipinski definition) is 3. The van der Waals surface area contributed by atoms with Gasteiger partial charge in [0, 0.05) is 11.3 Å². The molecular weight excluding hydrogens is 168 g/mol. The first-order chi connectivity index (χ1) is 6.20. The minimum Gasteiger partial charge on any atom is -0.376 e. The number of hydrogen-bond acceptors (Lipinski definition) is 4. The Bertz CT molecular complexity index is 349. The predicted octanol–water partition coefficient (Wildman–Crippen LogP) is -0.0595. The third-order valence-corrected chi connectivity index (χ3v) is 2.13. The second-order valence-corrected chi connectivity index (χ2v) is 3.02. The number of aliphatic hydroxyl groups excluding tert-OH is 1. The first kappa shape index (κ1) is 8.22. The smallest absolute Gasteiger partial charge is 0.191 e. The topological polar surface area (TPSA) is 75.3 Å². The number of carbonyl (C=O) groups excluding carboxylic acids is 1. The highest BCUT2D eigenvalue weighted by Gasteiger charge is 2.32. The number of rotatable bonds is 1. The van der Waals surface area contributed by atoms with Gasteiger partial charge >= 0.3 is 0 Å². The second-order valence-electron chi connectivity index (χ2n) is 3.02. The molecule has 0 saturated heterocycles. The van der Waals surface area contributed by atoms with Crippen molar-refractivity contribution in [1.29, 1.82) is 0 Å². The summed E-state index contributed by atoms with van der Waals surface area (Å²) in [6.07, 6.45) is -1.15. The van der Waals surface area contributed by atoms with Gasteiger partial charge in [0.2, 0.25) is 0 Å². The summed E-state index contributed by atoms with van der Waals surface area (Å²) in [5.41, 5.74) is 6.57. The third-order valence-electron chi connectivity index (χ3n) is 2.13. The minimum atomic E-state index is -1.15. The normalized spacial score (nSPS) is 22.3. The molecule has 0 fully saturated rings. The lowest BCUT2D eigenvalue weighted by atomic mass is 10.1. The van der Waals surface area contributed by atoms with Crippen molar-refractivity contribution in [1.82, 2.24) is 0 Å². The van der Waals surface area contributed by atoms with Crippen LogP contribution in [0.3, 0.4) is 0 Å². The summed E-state index contributed by atoms with van der Waals surface area (Å²) < 4.78 is 0. The maximum atomic E-state index is 11.5. The van der Waals surface area contributed by atoms with Gasteiger partial charge in [-0.15, -0.1) is 0 Å². The van der Waals surface area contributed by atoms with E-state index in [9.17, 15) is 4.79 Å². The van der Waals surface area contributed by atoms with Crippen molar-refractivity contribution in [2.24, 2.45) is 5.73 Å². The molecular formula is C9H10N2O2. The summed E-state index contributed by atoms with van der Waals surface area (Å²) in [6.45, 7) is 0. The monoisotopic (exact) mass is 178 g/mol. The van der Waals surface area contributed by atoms with E-state index in [-0.39, 0.29) is 5.78 Å². The Kier molecular flexibility index (Phi) is 1.79. The van der Waals surface area contributed by atoms with Crippen LogP contribution in [0.2, 0.25) is 0 Å². The minimum absolute atomic E-state index is 0.148. The summed E-state index contributed by atoms with van der Waals surface area (Å²) in [4.78, 5) is 11.5. The Morgan fingerprint density at radius 3 is 2.77 bits per heavy atom. The van der Waals surface area contributed by atoms with Gasteiger partial charge in [0.1, 0.15) is 12.3 Å². The molecule has 13 heavy (non-hydrogen) atoms. The van der Waals surface area contributed by atoms with E-state index in [1.807, 2.05) is 6.07 Å². The molecule has 1 aromatic rings. The van der Waals surface area contributed by atoms with Crippen LogP contribution in [-0.2, 0) is 0 Å². The van der Waals surface area contributed by atoms with E-state index in [1.54, 1.807) is 18.2 Å².